The van der Waals surface area contributed by atoms with Gasteiger partial charge < -0.3 is 10.1 Å². The van der Waals surface area contributed by atoms with Crippen molar-refractivity contribution < 1.29 is 9.53 Å². The zero-order chi connectivity index (χ0) is 15.5. The molecular formula is C17H21N3O2. The minimum Gasteiger partial charge on any atom is -0.381 e. The molecule has 0 spiro atoms. The van der Waals surface area contributed by atoms with Crippen LogP contribution in [0.5, 0.6) is 0 Å². The summed E-state index contributed by atoms with van der Waals surface area (Å²) in [5.41, 5.74) is 4.39. The Labute approximate surface area is 130 Å². The lowest BCUT2D eigenvalue weighted by Gasteiger charge is -2.20. The first-order valence-electron chi connectivity index (χ1n) is 7.64. The summed E-state index contributed by atoms with van der Waals surface area (Å²) in [6, 6.07) is 8.20. The van der Waals surface area contributed by atoms with Crippen molar-refractivity contribution >= 4 is 11.7 Å². The van der Waals surface area contributed by atoms with E-state index in [0.717, 1.165) is 30.7 Å². The summed E-state index contributed by atoms with van der Waals surface area (Å²) >= 11 is 0. The molecule has 1 aromatic heterocycles. The van der Waals surface area contributed by atoms with E-state index >= 15 is 0 Å². The first-order chi connectivity index (χ1) is 10.6. The van der Waals surface area contributed by atoms with Crippen molar-refractivity contribution in [2.24, 2.45) is 5.92 Å². The molecule has 2 heterocycles. The van der Waals surface area contributed by atoms with Crippen molar-refractivity contribution in [1.82, 2.24) is 10.2 Å². The number of H-pyrrole nitrogens is 1. The number of amides is 1. The molecular weight excluding hydrogens is 278 g/mol. The molecule has 22 heavy (non-hydrogen) atoms. The predicted octanol–water partition coefficient (Wildman–Crippen LogP) is 3.06. The molecule has 116 valence electrons. The molecule has 5 heteroatoms. The van der Waals surface area contributed by atoms with E-state index in [1.54, 1.807) is 0 Å². The van der Waals surface area contributed by atoms with Gasteiger partial charge in [0, 0.05) is 18.2 Å². The molecule has 0 radical (unpaired) electrons. The van der Waals surface area contributed by atoms with Crippen molar-refractivity contribution in [1.29, 1.82) is 0 Å². The molecule has 1 fully saturated rings. The summed E-state index contributed by atoms with van der Waals surface area (Å²) in [4.78, 5) is 12.2. The Balaban J connectivity index is 1.72. The van der Waals surface area contributed by atoms with Crippen LogP contribution in [0, 0.1) is 19.8 Å². The highest BCUT2D eigenvalue weighted by atomic mass is 16.5. The fourth-order valence-corrected chi connectivity index (χ4v) is 2.84. The molecule has 1 aromatic carbocycles. The van der Waals surface area contributed by atoms with Crippen LogP contribution < -0.4 is 5.32 Å². The SMILES string of the molecule is Cc1cc(C)cc(-c2cc(NC(=O)C3CCCOC3)n[nH]2)c1. The Bertz CT molecular complexity index is 652. The largest absolute Gasteiger partial charge is 0.381 e. The maximum Gasteiger partial charge on any atom is 0.231 e. The van der Waals surface area contributed by atoms with Crippen molar-refractivity contribution in [3.63, 3.8) is 0 Å². The molecule has 0 aliphatic carbocycles. The van der Waals surface area contributed by atoms with E-state index in [4.69, 9.17) is 4.74 Å². The van der Waals surface area contributed by atoms with Gasteiger partial charge in [-0.1, -0.05) is 17.2 Å². The second-order valence-corrected chi connectivity index (χ2v) is 5.95. The average molecular weight is 299 g/mol. The zero-order valence-corrected chi connectivity index (χ0v) is 13.0. The van der Waals surface area contributed by atoms with Gasteiger partial charge in [0.1, 0.15) is 0 Å². The molecule has 5 nitrogen and oxygen atoms in total. The Hall–Kier alpha value is -2.14. The van der Waals surface area contributed by atoms with Crippen molar-refractivity contribution in [3.05, 3.63) is 35.4 Å². The highest BCUT2D eigenvalue weighted by molar-refractivity contribution is 5.92. The van der Waals surface area contributed by atoms with E-state index < -0.39 is 0 Å². The summed E-state index contributed by atoms with van der Waals surface area (Å²) in [6.07, 6.45) is 1.81. The molecule has 1 unspecified atom stereocenters. The first kappa shape index (κ1) is 14.8. The van der Waals surface area contributed by atoms with Gasteiger partial charge in [0.25, 0.3) is 0 Å². The number of nitrogens with one attached hydrogen (secondary N) is 2. The van der Waals surface area contributed by atoms with E-state index in [1.165, 1.54) is 11.1 Å². The molecule has 1 saturated heterocycles. The highest BCUT2D eigenvalue weighted by Gasteiger charge is 2.22. The number of aromatic amines is 1. The Morgan fingerprint density at radius 3 is 2.73 bits per heavy atom. The minimum atomic E-state index is -0.0740. The minimum absolute atomic E-state index is 0.0156. The van der Waals surface area contributed by atoms with Gasteiger partial charge >= 0.3 is 0 Å². The summed E-state index contributed by atoms with van der Waals surface area (Å²) in [7, 11) is 0. The molecule has 1 aliphatic rings. The van der Waals surface area contributed by atoms with Crippen LogP contribution in [0.3, 0.4) is 0 Å². The number of aromatic nitrogens is 2. The third kappa shape index (κ3) is 3.36. The molecule has 3 rings (SSSR count). The smallest absolute Gasteiger partial charge is 0.231 e. The molecule has 0 saturated carbocycles. The van der Waals surface area contributed by atoms with Crippen LogP contribution >= 0.6 is 0 Å². The maximum atomic E-state index is 12.2. The van der Waals surface area contributed by atoms with Gasteiger partial charge in [-0.15, -0.1) is 0 Å². The molecule has 1 atom stereocenters. The van der Waals surface area contributed by atoms with E-state index in [1.807, 2.05) is 6.07 Å². The quantitative estimate of drug-likeness (QED) is 0.915. The lowest BCUT2D eigenvalue weighted by atomic mass is 10.0. The summed E-state index contributed by atoms with van der Waals surface area (Å²) in [5.74, 6) is 0.470. The van der Waals surface area contributed by atoms with Crippen LogP contribution in [0.4, 0.5) is 5.82 Å². The molecule has 2 aromatic rings. The van der Waals surface area contributed by atoms with Gasteiger partial charge in [0.2, 0.25) is 5.91 Å². The zero-order valence-electron chi connectivity index (χ0n) is 13.0. The van der Waals surface area contributed by atoms with Gasteiger partial charge in [-0.25, -0.2) is 0 Å². The van der Waals surface area contributed by atoms with Crippen LogP contribution in [0.25, 0.3) is 11.3 Å². The van der Waals surface area contributed by atoms with Crippen LogP contribution in [-0.4, -0.2) is 29.3 Å². The second kappa shape index (κ2) is 6.32. The average Bonchev–Trinajstić information content (AvgIpc) is 2.96. The number of anilines is 1. The second-order valence-electron chi connectivity index (χ2n) is 5.95. The highest BCUT2D eigenvalue weighted by Crippen LogP contribution is 2.23. The van der Waals surface area contributed by atoms with E-state index in [9.17, 15) is 4.79 Å². The Morgan fingerprint density at radius 1 is 1.27 bits per heavy atom. The van der Waals surface area contributed by atoms with Gasteiger partial charge in [0.05, 0.1) is 18.2 Å². The molecule has 1 aliphatic heterocycles. The van der Waals surface area contributed by atoms with Crippen molar-refractivity contribution in [2.75, 3.05) is 18.5 Å². The van der Waals surface area contributed by atoms with E-state index in [0.29, 0.717) is 12.4 Å². The Kier molecular flexibility index (Phi) is 4.24. The monoisotopic (exact) mass is 299 g/mol. The van der Waals surface area contributed by atoms with Crippen LogP contribution in [-0.2, 0) is 9.53 Å². The van der Waals surface area contributed by atoms with Gasteiger partial charge in [-0.3, -0.25) is 9.89 Å². The number of ether oxygens (including phenoxy) is 1. The topological polar surface area (TPSA) is 67.0 Å². The van der Waals surface area contributed by atoms with E-state index in [2.05, 4.69) is 47.6 Å². The number of hydrogen-bond donors (Lipinski definition) is 2. The van der Waals surface area contributed by atoms with E-state index in [-0.39, 0.29) is 11.8 Å². The van der Waals surface area contributed by atoms with Crippen LogP contribution in [0.15, 0.2) is 24.3 Å². The fourth-order valence-electron chi connectivity index (χ4n) is 2.84. The number of carbonyl (C=O) groups excluding carboxylic acids is 1. The lowest BCUT2D eigenvalue weighted by Crippen LogP contribution is -2.30. The number of rotatable bonds is 3. The molecule has 1 amide bonds. The van der Waals surface area contributed by atoms with Crippen LogP contribution in [0.2, 0.25) is 0 Å². The molecule has 2 N–H and O–H groups in total. The maximum absolute atomic E-state index is 12.2. The normalized spacial score (nSPS) is 18.2. The standard InChI is InChI=1S/C17H21N3O2/c1-11-6-12(2)8-14(7-11)15-9-16(20-19-15)18-17(21)13-4-3-5-22-10-13/h6-9,13H,3-5,10H2,1-2H3,(H2,18,19,20,21). The number of aryl methyl sites for hydroxylation is 2. The number of carbonyl (C=O) groups is 1. The third-order valence-corrected chi connectivity index (χ3v) is 3.89. The summed E-state index contributed by atoms with van der Waals surface area (Å²) in [6.45, 7) is 5.39. The number of hydrogen-bond acceptors (Lipinski definition) is 3. The van der Waals surface area contributed by atoms with Gasteiger partial charge in [-0.05, 0) is 38.8 Å². The molecule has 0 bridgehead atoms. The number of nitrogens with zero attached hydrogens (tertiary/aromatic N) is 1. The summed E-state index contributed by atoms with van der Waals surface area (Å²) < 4.78 is 5.35. The predicted molar refractivity (Wildman–Crippen MR) is 85.7 cm³/mol. The van der Waals surface area contributed by atoms with Crippen LogP contribution in [0.1, 0.15) is 24.0 Å². The Morgan fingerprint density at radius 2 is 2.05 bits per heavy atom. The first-order valence-corrected chi connectivity index (χ1v) is 7.64. The number of benzene rings is 1. The van der Waals surface area contributed by atoms with Gasteiger partial charge in [-0.2, -0.15) is 5.10 Å². The van der Waals surface area contributed by atoms with Gasteiger partial charge in [0.15, 0.2) is 5.82 Å². The third-order valence-electron chi connectivity index (χ3n) is 3.89. The lowest BCUT2D eigenvalue weighted by molar-refractivity contribution is -0.123. The van der Waals surface area contributed by atoms with Crippen molar-refractivity contribution in [3.8, 4) is 11.3 Å². The van der Waals surface area contributed by atoms with Crippen molar-refractivity contribution in [2.45, 2.75) is 26.7 Å². The fraction of sp³-hybridized carbons (Fsp3) is 0.412. The summed E-state index contributed by atoms with van der Waals surface area (Å²) in [5, 5.41) is 10.0.